The van der Waals surface area contributed by atoms with Crippen LogP contribution < -0.4 is 5.32 Å². The minimum Gasteiger partial charge on any atom is -0.453 e. The average molecular weight is 322 g/mol. The van der Waals surface area contributed by atoms with Crippen molar-refractivity contribution in [3.05, 3.63) is 47.0 Å². The van der Waals surface area contributed by atoms with Crippen molar-refractivity contribution in [2.45, 2.75) is 38.8 Å². The minimum atomic E-state index is -0.805. The number of allylic oxidation sites excluding steroid dienone is 2. The third-order valence-corrected chi connectivity index (χ3v) is 4.00. The van der Waals surface area contributed by atoms with E-state index in [4.69, 9.17) is 16.3 Å². The molecule has 22 heavy (non-hydrogen) atoms. The van der Waals surface area contributed by atoms with Crippen molar-refractivity contribution in [1.29, 1.82) is 0 Å². The third-order valence-electron chi connectivity index (χ3n) is 3.63. The number of amides is 1. The van der Waals surface area contributed by atoms with E-state index >= 15 is 0 Å². The molecule has 2 atom stereocenters. The fraction of sp³-hybridized carbons (Fsp3) is 0.412. The molecule has 5 heteroatoms. The Bertz CT molecular complexity index is 571. The molecule has 4 nitrogen and oxygen atoms in total. The number of hydrogen-bond acceptors (Lipinski definition) is 3. The maximum atomic E-state index is 12.0. The Morgan fingerprint density at radius 1 is 1.41 bits per heavy atom. The molecule has 1 aromatic carbocycles. The van der Waals surface area contributed by atoms with E-state index in [-0.39, 0.29) is 17.8 Å². The van der Waals surface area contributed by atoms with Gasteiger partial charge in [-0.25, -0.2) is 0 Å². The van der Waals surface area contributed by atoms with Gasteiger partial charge in [0, 0.05) is 11.6 Å². The maximum Gasteiger partial charge on any atom is 0.307 e. The van der Waals surface area contributed by atoms with Crippen LogP contribution in [0.15, 0.2) is 36.4 Å². The predicted molar refractivity (Wildman–Crippen MR) is 85.3 cm³/mol. The highest BCUT2D eigenvalue weighted by atomic mass is 35.5. The number of hydrogen-bond donors (Lipinski definition) is 1. The standard InChI is InChI=1S/C17H20ClNO3/c1-12(22-16(20)10-13-6-2-3-7-13)17(21)19-11-14-8-4-5-9-15(14)18/h2,4-6,8-9,12-13H,3,7,10-11H2,1H3,(H,19,21)/t12-,13+/m0/s1. The molecule has 1 N–H and O–H groups in total. The molecule has 0 spiro atoms. The summed E-state index contributed by atoms with van der Waals surface area (Å²) in [5.41, 5.74) is 0.826. The molecule has 0 bridgehead atoms. The Labute approximate surface area is 135 Å². The molecule has 0 saturated heterocycles. The number of benzene rings is 1. The Morgan fingerprint density at radius 3 is 2.86 bits per heavy atom. The van der Waals surface area contributed by atoms with Gasteiger partial charge < -0.3 is 10.1 Å². The van der Waals surface area contributed by atoms with Crippen molar-refractivity contribution in [2.75, 3.05) is 0 Å². The van der Waals surface area contributed by atoms with Crippen LogP contribution in [0.1, 0.15) is 31.7 Å². The first-order valence-corrected chi connectivity index (χ1v) is 7.81. The number of halogens is 1. The van der Waals surface area contributed by atoms with Gasteiger partial charge in [0.2, 0.25) is 0 Å². The van der Waals surface area contributed by atoms with Crippen molar-refractivity contribution >= 4 is 23.5 Å². The number of rotatable bonds is 6. The molecule has 1 aliphatic carbocycles. The topological polar surface area (TPSA) is 55.4 Å². The number of carbonyl (C=O) groups excluding carboxylic acids is 2. The second kappa shape index (κ2) is 7.99. The lowest BCUT2D eigenvalue weighted by Gasteiger charge is -2.15. The Hall–Kier alpha value is -1.81. The van der Waals surface area contributed by atoms with Crippen LogP contribution in [-0.2, 0) is 20.9 Å². The number of esters is 1. The van der Waals surface area contributed by atoms with Gasteiger partial charge in [0.25, 0.3) is 5.91 Å². The van der Waals surface area contributed by atoms with Crippen LogP contribution >= 0.6 is 11.6 Å². The van der Waals surface area contributed by atoms with Crippen LogP contribution in [0.4, 0.5) is 0 Å². The molecule has 1 aromatic rings. The highest BCUT2D eigenvalue weighted by molar-refractivity contribution is 6.31. The molecular weight excluding hydrogens is 302 g/mol. The van der Waals surface area contributed by atoms with Gasteiger partial charge in [0.05, 0.1) is 6.42 Å². The van der Waals surface area contributed by atoms with Crippen LogP contribution in [0.25, 0.3) is 0 Å². The summed E-state index contributed by atoms with van der Waals surface area (Å²) < 4.78 is 5.17. The number of ether oxygens (including phenoxy) is 1. The Morgan fingerprint density at radius 2 is 2.18 bits per heavy atom. The molecule has 118 valence electrons. The largest absolute Gasteiger partial charge is 0.453 e. The molecule has 0 saturated carbocycles. The molecule has 2 rings (SSSR count). The summed E-state index contributed by atoms with van der Waals surface area (Å²) in [7, 11) is 0. The van der Waals surface area contributed by atoms with Crippen molar-refractivity contribution in [1.82, 2.24) is 5.32 Å². The molecular formula is C17H20ClNO3. The summed E-state index contributed by atoms with van der Waals surface area (Å²) >= 11 is 6.02. The van der Waals surface area contributed by atoms with E-state index in [1.807, 2.05) is 24.3 Å². The van der Waals surface area contributed by atoms with Gasteiger partial charge in [0.15, 0.2) is 6.10 Å². The Balaban J connectivity index is 1.75. The van der Waals surface area contributed by atoms with Gasteiger partial charge in [0.1, 0.15) is 0 Å². The van der Waals surface area contributed by atoms with Gasteiger partial charge in [-0.3, -0.25) is 9.59 Å². The van der Waals surface area contributed by atoms with Crippen molar-refractivity contribution in [2.24, 2.45) is 5.92 Å². The maximum absolute atomic E-state index is 12.0. The van der Waals surface area contributed by atoms with Gasteiger partial charge in [-0.15, -0.1) is 0 Å². The number of carbonyl (C=O) groups is 2. The van der Waals surface area contributed by atoms with Gasteiger partial charge in [-0.05, 0) is 37.3 Å². The quantitative estimate of drug-likeness (QED) is 0.646. The zero-order chi connectivity index (χ0) is 15.9. The highest BCUT2D eigenvalue weighted by Gasteiger charge is 2.20. The van der Waals surface area contributed by atoms with Crippen LogP contribution in [0, 0.1) is 5.92 Å². The summed E-state index contributed by atoms with van der Waals surface area (Å²) in [6.07, 6.45) is 5.61. The van der Waals surface area contributed by atoms with E-state index in [9.17, 15) is 9.59 Å². The molecule has 1 aliphatic rings. The lowest BCUT2D eigenvalue weighted by atomic mass is 10.1. The lowest BCUT2D eigenvalue weighted by Crippen LogP contribution is -2.35. The first kappa shape index (κ1) is 16.6. The lowest BCUT2D eigenvalue weighted by molar-refractivity contribution is -0.155. The van der Waals surface area contributed by atoms with Crippen LogP contribution in [0.2, 0.25) is 5.02 Å². The molecule has 0 aromatic heterocycles. The summed E-state index contributed by atoms with van der Waals surface area (Å²) in [5, 5.41) is 3.32. The molecule has 0 unspecified atom stereocenters. The zero-order valence-electron chi connectivity index (χ0n) is 12.5. The average Bonchev–Trinajstić information content (AvgIpc) is 2.98. The fourth-order valence-corrected chi connectivity index (χ4v) is 2.55. The number of nitrogens with one attached hydrogen (secondary N) is 1. The van der Waals surface area contributed by atoms with Crippen LogP contribution in [0.3, 0.4) is 0 Å². The third kappa shape index (κ3) is 4.88. The summed E-state index contributed by atoms with van der Waals surface area (Å²) in [6, 6.07) is 7.29. The molecule has 0 radical (unpaired) electrons. The fourth-order valence-electron chi connectivity index (χ4n) is 2.35. The van der Waals surface area contributed by atoms with Crippen molar-refractivity contribution < 1.29 is 14.3 Å². The van der Waals surface area contributed by atoms with Gasteiger partial charge >= 0.3 is 5.97 Å². The van der Waals surface area contributed by atoms with E-state index < -0.39 is 6.10 Å². The van der Waals surface area contributed by atoms with Crippen molar-refractivity contribution in [3.63, 3.8) is 0 Å². The molecule has 1 amide bonds. The van der Waals surface area contributed by atoms with Gasteiger partial charge in [-0.2, -0.15) is 0 Å². The molecule has 0 aliphatic heterocycles. The summed E-state index contributed by atoms with van der Waals surface area (Å²) in [6.45, 7) is 1.89. The first-order chi connectivity index (χ1) is 10.6. The Kier molecular flexibility index (Phi) is 6.01. The van der Waals surface area contributed by atoms with E-state index in [1.54, 1.807) is 13.0 Å². The van der Waals surface area contributed by atoms with E-state index in [0.29, 0.717) is 18.0 Å². The van der Waals surface area contributed by atoms with E-state index in [2.05, 4.69) is 11.4 Å². The van der Waals surface area contributed by atoms with Crippen LogP contribution in [-0.4, -0.2) is 18.0 Å². The monoisotopic (exact) mass is 321 g/mol. The zero-order valence-corrected chi connectivity index (χ0v) is 13.3. The molecule has 0 heterocycles. The smallest absolute Gasteiger partial charge is 0.307 e. The first-order valence-electron chi connectivity index (χ1n) is 7.43. The van der Waals surface area contributed by atoms with Crippen molar-refractivity contribution in [3.8, 4) is 0 Å². The minimum absolute atomic E-state index is 0.242. The van der Waals surface area contributed by atoms with Crippen LogP contribution in [0.5, 0.6) is 0 Å². The van der Waals surface area contributed by atoms with Gasteiger partial charge in [-0.1, -0.05) is 42.0 Å². The SMILES string of the molecule is C[C@H](OC(=O)C[C@@H]1C=CCC1)C(=O)NCc1ccccc1Cl. The normalized spacial score (nSPS) is 18.0. The predicted octanol–water partition coefficient (Wildman–Crippen LogP) is 3.24. The second-order valence-electron chi connectivity index (χ2n) is 5.41. The summed E-state index contributed by atoms with van der Waals surface area (Å²) in [4.78, 5) is 23.7. The highest BCUT2D eigenvalue weighted by Crippen LogP contribution is 2.21. The van der Waals surface area contributed by atoms with E-state index in [0.717, 1.165) is 18.4 Å². The second-order valence-corrected chi connectivity index (χ2v) is 5.82. The van der Waals surface area contributed by atoms with E-state index in [1.165, 1.54) is 0 Å². The molecule has 0 fully saturated rings. The summed E-state index contributed by atoms with van der Waals surface area (Å²) in [5.74, 6) is -0.418.